The van der Waals surface area contributed by atoms with Crippen LogP contribution in [0.25, 0.3) is 0 Å². The zero-order valence-corrected chi connectivity index (χ0v) is 58.9. The molecule has 0 aromatic rings. The van der Waals surface area contributed by atoms with E-state index in [4.69, 9.17) is 55.6 Å². The summed E-state index contributed by atoms with van der Waals surface area (Å²) < 4.78 is 107. The van der Waals surface area contributed by atoms with Crippen molar-refractivity contribution in [3.05, 3.63) is 0 Å². The van der Waals surface area contributed by atoms with Crippen LogP contribution in [0.2, 0.25) is 0 Å². The number of amides is 6. The van der Waals surface area contributed by atoms with Gasteiger partial charge in [0.2, 0.25) is 35.4 Å². The first-order valence-electron chi connectivity index (χ1n) is 33.1. The van der Waals surface area contributed by atoms with Gasteiger partial charge < -0.3 is 125 Å². The Morgan fingerprint density at radius 2 is 0.750 bits per heavy atom. The van der Waals surface area contributed by atoms with Gasteiger partial charge in [-0.25, -0.2) is 13.7 Å². The molecule has 0 saturated carbocycles. The van der Waals surface area contributed by atoms with Crippen molar-refractivity contribution in [3.8, 4) is 0 Å². The molecule has 0 aliphatic carbocycles. The van der Waals surface area contributed by atoms with Crippen LogP contribution in [0, 0.1) is 0 Å². The van der Waals surface area contributed by atoms with Crippen LogP contribution in [0.3, 0.4) is 0 Å². The summed E-state index contributed by atoms with van der Waals surface area (Å²) in [6, 6.07) is -6.82. The standard InChI is InChI=1S/C57H101N6O34P3/c1-30(2)95-98(80,81)89-28-35-19-38(22-62(35)44(72)13-7-10-16-87-56-47(59-32(4)68)53(78)50(75)41(25-65)93-56)97-100(84,85)91-29-36-20-39(23-63(36)45(73)14-8-11-17-88-57-48(60-33(5)69)54(79)51(76)42(26-66)94-57)96-99(82,83)90-27-34-18-37(70)21-61(34)43(71)12-6-9-15-86-55-46(58-31(3)67)52(77)49(74)40(24-64)92-55/h30,34-42,46-57,64-66,70,74-79H,6-29H2,1-5H3,(H,58,67)(H,59,68)(H,60,69)(H,80,81)(H,82,83)(H,84,85)/t34-,35-,36-,37+,38+,39+,40?,41?,42?,46?,47?,48?,49?,50?,51?,52?,53?,54?,55?,56?,57?/m0/s1. The first kappa shape index (κ1) is 85.4. The summed E-state index contributed by atoms with van der Waals surface area (Å²) in [4.78, 5) is 114. The molecule has 0 spiro atoms. The average molecular weight is 1510 g/mol. The van der Waals surface area contributed by atoms with Gasteiger partial charge in [-0.05, 0) is 71.6 Å². The summed E-state index contributed by atoms with van der Waals surface area (Å²) in [7, 11) is -15.0. The summed E-state index contributed by atoms with van der Waals surface area (Å²) in [5, 5.41) is 110. The predicted molar refractivity (Wildman–Crippen MR) is 335 cm³/mol. The van der Waals surface area contributed by atoms with Gasteiger partial charge in [-0.2, -0.15) is 0 Å². The molecule has 6 aliphatic rings. The summed E-state index contributed by atoms with van der Waals surface area (Å²) in [5.74, 6) is -3.38. The lowest BCUT2D eigenvalue weighted by Gasteiger charge is -2.42. The van der Waals surface area contributed by atoms with E-state index in [0.29, 0.717) is 0 Å². The van der Waals surface area contributed by atoms with Crippen molar-refractivity contribution in [3.63, 3.8) is 0 Å². The second kappa shape index (κ2) is 39.7. The van der Waals surface area contributed by atoms with Crippen LogP contribution in [0.15, 0.2) is 0 Å². The number of β-amino-alcohol motifs (C(OH)–C–C–N with tert-alkyl or cyclic N) is 1. The Bertz CT molecular complexity index is 2790. The molecule has 6 rings (SSSR count). The van der Waals surface area contributed by atoms with E-state index in [0.717, 1.165) is 11.8 Å². The average Bonchev–Trinajstić information content (AvgIpc) is 1.25. The van der Waals surface area contributed by atoms with Crippen molar-refractivity contribution in [2.24, 2.45) is 0 Å². The molecular formula is C57H101N6O34P3. The molecule has 0 bridgehead atoms. The van der Waals surface area contributed by atoms with Gasteiger partial charge in [-0.3, -0.25) is 55.9 Å². The van der Waals surface area contributed by atoms with E-state index in [1.807, 2.05) is 0 Å². The zero-order valence-electron chi connectivity index (χ0n) is 56.2. The fraction of sp³-hybridized carbons (Fsp3) is 0.895. The van der Waals surface area contributed by atoms with Gasteiger partial charge >= 0.3 is 23.5 Å². The van der Waals surface area contributed by atoms with Crippen LogP contribution >= 0.6 is 23.5 Å². The van der Waals surface area contributed by atoms with E-state index in [1.54, 1.807) is 0 Å². The molecule has 0 aromatic heterocycles. The molecule has 18 unspecified atom stereocenters. The Balaban J connectivity index is 1.07. The number of carbonyl (C=O) groups is 6. The van der Waals surface area contributed by atoms with Crippen LogP contribution in [-0.2, 0) is 98.0 Å². The van der Waals surface area contributed by atoms with Crippen molar-refractivity contribution < 1.29 is 164 Å². The number of nitrogens with one attached hydrogen (secondary N) is 3. The minimum atomic E-state index is -5.21. The Morgan fingerprint density at radius 3 is 1.05 bits per heavy atom. The topological polar surface area (TPSA) is 573 Å². The van der Waals surface area contributed by atoms with E-state index in [9.17, 15) is 108 Å². The van der Waals surface area contributed by atoms with Crippen molar-refractivity contribution in [1.82, 2.24) is 30.7 Å². The van der Waals surface area contributed by atoms with E-state index in [-0.39, 0.29) is 110 Å². The Hall–Kier alpha value is -3.49. The molecule has 24 atom stereocenters. The van der Waals surface area contributed by atoms with E-state index in [2.05, 4.69) is 16.0 Å². The predicted octanol–water partition coefficient (Wildman–Crippen LogP) is -4.91. The number of aliphatic hydroxyl groups is 10. The number of rotatable bonds is 39. The molecular weight excluding hydrogens is 1410 g/mol. The van der Waals surface area contributed by atoms with Crippen LogP contribution < -0.4 is 16.0 Å². The van der Waals surface area contributed by atoms with Gasteiger partial charge in [0.05, 0.1) is 82.2 Å². The molecule has 16 N–H and O–H groups in total. The first-order valence-corrected chi connectivity index (χ1v) is 37.6. The molecule has 578 valence electrons. The molecule has 6 heterocycles. The molecule has 0 radical (unpaired) electrons. The van der Waals surface area contributed by atoms with E-state index >= 15 is 0 Å². The highest BCUT2D eigenvalue weighted by Crippen LogP contribution is 2.51. The molecule has 6 aliphatic heterocycles. The van der Waals surface area contributed by atoms with Crippen LogP contribution in [-0.4, -0.2) is 329 Å². The number of phosphoric acid groups is 3. The van der Waals surface area contributed by atoms with Gasteiger partial charge in [0.15, 0.2) is 18.9 Å². The third-order valence-electron chi connectivity index (χ3n) is 17.3. The summed E-state index contributed by atoms with van der Waals surface area (Å²) in [5.41, 5.74) is 0. The van der Waals surface area contributed by atoms with Crippen molar-refractivity contribution in [1.29, 1.82) is 0 Å². The largest absolute Gasteiger partial charge is 0.472 e. The number of unbranched alkanes of at least 4 members (excludes halogenated alkanes) is 3. The third kappa shape index (κ3) is 25.6. The van der Waals surface area contributed by atoms with Gasteiger partial charge in [-0.1, -0.05) is 0 Å². The molecule has 43 heteroatoms. The van der Waals surface area contributed by atoms with Gasteiger partial charge in [-0.15, -0.1) is 0 Å². The summed E-state index contributed by atoms with van der Waals surface area (Å²) in [6.45, 7) is 1.14. The highest BCUT2D eigenvalue weighted by molar-refractivity contribution is 7.48. The number of hydrogen-bond acceptors (Lipinski definition) is 31. The fourth-order valence-corrected chi connectivity index (χ4v) is 15.3. The van der Waals surface area contributed by atoms with Gasteiger partial charge in [0.1, 0.15) is 73.1 Å². The highest BCUT2D eigenvalue weighted by atomic mass is 31.2. The lowest BCUT2D eigenvalue weighted by molar-refractivity contribution is -0.270. The van der Waals surface area contributed by atoms with Crippen molar-refractivity contribution >= 4 is 58.9 Å². The Kier molecular flexibility index (Phi) is 34.0. The van der Waals surface area contributed by atoms with Crippen LogP contribution in [0.5, 0.6) is 0 Å². The maximum Gasteiger partial charge on any atom is 0.472 e. The number of likely N-dealkylation sites (tertiary alicyclic amines) is 3. The van der Waals surface area contributed by atoms with E-state index in [1.165, 1.54) is 37.5 Å². The molecule has 6 amide bonds. The zero-order chi connectivity index (χ0) is 74.0. The molecule has 6 saturated heterocycles. The van der Waals surface area contributed by atoms with Gasteiger partial charge in [0, 0.05) is 79.5 Å². The second-order valence-corrected chi connectivity index (χ2v) is 29.9. The van der Waals surface area contributed by atoms with Crippen molar-refractivity contribution in [2.45, 2.75) is 246 Å². The molecule has 40 nitrogen and oxygen atoms in total. The van der Waals surface area contributed by atoms with Gasteiger partial charge in [0.25, 0.3) is 0 Å². The summed E-state index contributed by atoms with van der Waals surface area (Å²) >= 11 is 0. The minimum Gasteiger partial charge on any atom is -0.394 e. The maximum atomic E-state index is 14.1. The lowest BCUT2D eigenvalue weighted by Crippen LogP contribution is -2.64. The normalized spacial score (nSPS) is 34.4. The number of carbonyl (C=O) groups excluding carboxylic acids is 6. The minimum absolute atomic E-state index is 0.0591. The van der Waals surface area contributed by atoms with E-state index < -0.39 is 240 Å². The molecule has 6 fully saturated rings. The molecule has 0 aromatic carbocycles. The first-order chi connectivity index (χ1) is 47.1. The quantitative estimate of drug-likeness (QED) is 0.0203. The number of aliphatic hydroxyl groups excluding tert-OH is 10. The summed E-state index contributed by atoms with van der Waals surface area (Å²) in [6.07, 6.45) is -21.7. The lowest BCUT2D eigenvalue weighted by atomic mass is 9.97. The monoisotopic (exact) mass is 1510 g/mol. The second-order valence-electron chi connectivity index (χ2n) is 25.6. The SMILES string of the molecule is CC(=O)NC1C(OCCCCC(=O)N2C[C@H](O)C[C@H]2COP(=O)(O)O[C@@H]2C[C@@H](COP(=O)(O)O[C@@H]3C[C@@H](COP(=O)(O)OC(C)C)N(C(=O)CCCCOC4OC(CO)C(O)C(O)C4NC(C)=O)C3)N(C(=O)CCCCOC3OC(CO)C(O)C(O)C3NC(C)=O)C2)OC(CO)C(O)C1O. The number of phosphoric ester groups is 3. The number of nitrogens with zero attached hydrogens (tertiary/aromatic N) is 3. The fourth-order valence-electron chi connectivity index (χ4n) is 12.5. The highest BCUT2D eigenvalue weighted by Gasteiger charge is 2.50. The smallest absolute Gasteiger partial charge is 0.394 e. The molecule has 100 heavy (non-hydrogen) atoms. The third-order valence-corrected chi connectivity index (χ3v) is 20.5. The van der Waals surface area contributed by atoms with Crippen LogP contribution in [0.1, 0.15) is 112 Å². The Morgan fingerprint density at radius 1 is 0.450 bits per heavy atom. The number of ether oxygens (including phenoxy) is 6. The van der Waals surface area contributed by atoms with Crippen molar-refractivity contribution in [2.75, 3.05) is 79.1 Å². The van der Waals surface area contributed by atoms with Crippen LogP contribution in [0.4, 0.5) is 0 Å². The Labute approximate surface area is 576 Å². The number of hydrogen-bond donors (Lipinski definition) is 16. The maximum absolute atomic E-state index is 14.1.